The van der Waals surface area contributed by atoms with Gasteiger partial charge in [-0.2, -0.15) is 0 Å². The topological polar surface area (TPSA) is 70.0 Å². The molecular formula is C16H23NO4. The number of aliphatic hydroxyl groups excluding tert-OH is 1. The molecule has 1 heterocycles. The third-order valence-corrected chi connectivity index (χ3v) is 4.08. The number of ether oxygens (including phenoxy) is 1. The summed E-state index contributed by atoms with van der Waals surface area (Å²) in [6.07, 6.45) is 1.48. The Bertz CT molecular complexity index is 469. The number of carbonyl (C=O) groups is 1. The van der Waals surface area contributed by atoms with Crippen LogP contribution in [0, 0.1) is 5.92 Å². The minimum atomic E-state index is -0.718. The molecule has 5 nitrogen and oxygen atoms in total. The third kappa shape index (κ3) is 4.72. The summed E-state index contributed by atoms with van der Waals surface area (Å²) < 4.78 is 5.17. The fraction of sp³-hybridized carbons (Fsp3) is 0.562. The lowest BCUT2D eigenvalue weighted by molar-refractivity contribution is -0.138. The molecule has 0 spiro atoms. The van der Waals surface area contributed by atoms with E-state index < -0.39 is 12.1 Å². The minimum Gasteiger partial charge on any atom is -0.497 e. The van der Waals surface area contributed by atoms with Crippen LogP contribution in [0.2, 0.25) is 0 Å². The van der Waals surface area contributed by atoms with E-state index in [9.17, 15) is 9.90 Å². The van der Waals surface area contributed by atoms with Gasteiger partial charge in [-0.15, -0.1) is 0 Å². The fourth-order valence-corrected chi connectivity index (χ4v) is 2.82. The lowest BCUT2D eigenvalue weighted by atomic mass is 9.93. The monoisotopic (exact) mass is 293 g/mol. The van der Waals surface area contributed by atoms with Crippen molar-refractivity contribution < 1.29 is 19.7 Å². The third-order valence-electron chi connectivity index (χ3n) is 4.08. The highest BCUT2D eigenvalue weighted by Crippen LogP contribution is 2.24. The Morgan fingerprint density at radius 3 is 2.76 bits per heavy atom. The van der Waals surface area contributed by atoms with Gasteiger partial charge in [-0.25, -0.2) is 0 Å². The molecule has 1 aliphatic rings. The maximum absolute atomic E-state index is 10.7. The van der Waals surface area contributed by atoms with Crippen LogP contribution in [0.5, 0.6) is 5.75 Å². The van der Waals surface area contributed by atoms with Gasteiger partial charge in [-0.05, 0) is 49.5 Å². The summed E-state index contributed by atoms with van der Waals surface area (Å²) in [7, 11) is 1.61. The van der Waals surface area contributed by atoms with Crippen LogP contribution in [0.1, 0.15) is 30.9 Å². The molecule has 0 radical (unpaired) electrons. The lowest BCUT2D eigenvalue weighted by Crippen LogP contribution is -2.37. The summed E-state index contributed by atoms with van der Waals surface area (Å²) in [5, 5.41) is 19.1. The first kappa shape index (κ1) is 15.8. The molecule has 1 aromatic carbocycles. The van der Waals surface area contributed by atoms with E-state index in [1.54, 1.807) is 7.11 Å². The van der Waals surface area contributed by atoms with Gasteiger partial charge in [-0.3, -0.25) is 4.79 Å². The average molecular weight is 293 g/mol. The van der Waals surface area contributed by atoms with E-state index >= 15 is 0 Å². The zero-order valence-electron chi connectivity index (χ0n) is 12.4. The highest BCUT2D eigenvalue weighted by atomic mass is 16.5. The molecule has 1 fully saturated rings. The van der Waals surface area contributed by atoms with Crippen LogP contribution >= 0.6 is 0 Å². The fourth-order valence-electron chi connectivity index (χ4n) is 2.82. The van der Waals surface area contributed by atoms with E-state index in [2.05, 4.69) is 4.90 Å². The maximum atomic E-state index is 10.7. The SMILES string of the molecule is COc1cccc(C(O)CN2CCC(CC(=O)O)CC2)c1. The Morgan fingerprint density at radius 2 is 2.14 bits per heavy atom. The van der Waals surface area contributed by atoms with Crippen LogP contribution in [0.15, 0.2) is 24.3 Å². The van der Waals surface area contributed by atoms with Crippen molar-refractivity contribution in [3.05, 3.63) is 29.8 Å². The standard InChI is InChI=1S/C16H23NO4/c1-21-14-4-2-3-13(10-14)15(18)11-17-7-5-12(6-8-17)9-16(19)20/h2-4,10,12,15,18H,5-9,11H2,1H3,(H,19,20). The Hall–Kier alpha value is -1.59. The molecule has 1 saturated heterocycles. The smallest absolute Gasteiger partial charge is 0.303 e. The molecule has 116 valence electrons. The largest absolute Gasteiger partial charge is 0.497 e. The van der Waals surface area contributed by atoms with Gasteiger partial charge in [0.05, 0.1) is 13.2 Å². The van der Waals surface area contributed by atoms with Crippen LogP contribution in [-0.2, 0) is 4.79 Å². The molecule has 1 aromatic rings. The number of methoxy groups -OCH3 is 1. The molecule has 5 heteroatoms. The summed E-state index contributed by atoms with van der Waals surface area (Å²) in [4.78, 5) is 12.9. The average Bonchev–Trinajstić information content (AvgIpc) is 2.49. The molecule has 2 rings (SSSR count). The van der Waals surface area contributed by atoms with E-state index in [0.29, 0.717) is 6.54 Å². The van der Waals surface area contributed by atoms with Crippen LogP contribution in [0.25, 0.3) is 0 Å². The summed E-state index contributed by atoms with van der Waals surface area (Å²) >= 11 is 0. The second-order valence-corrected chi connectivity index (χ2v) is 5.63. The van der Waals surface area contributed by atoms with Crippen LogP contribution in [-0.4, -0.2) is 47.8 Å². The molecule has 1 aliphatic heterocycles. The van der Waals surface area contributed by atoms with Gasteiger partial charge >= 0.3 is 5.97 Å². The van der Waals surface area contributed by atoms with Gasteiger partial charge in [0.25, 0.3) is 0 Å². The number of piperidine rings is 1. The number of likely N-dealkylation sites (tertiary alicyclic amines) is 1. The van der Waals surface area contributed by atoms with Crippen LogP contribution < -0.4 is 4.74 Å². The van der Waals surface area contributed by atoms with Crippen molar-refractivity contribution >= 4 is 5.97 Å². The van der Waals surface area contributed by atoms with E-state index in [1.165, 1.54) is 0 Å². The molecule has 0 aromatic heterocycles. The van der Waals surface area contributed by atoms with Crippen molar-refractivity contribution in [1.29, 1.82) is 0 Å². The first-order chi connectivity index (χ1) is 10.1. The van der Waals surface area contributed by atoms with Gasteiger partial charge in [0.2, 0.25) is 0 Å². The van der Waals surface area contributed by atoms with Crippen molar-refractivity contribution in [1.82, 2.24) is 4.90 Å². The quantitative estimate of drug-likeness (QED) is 0.838. The molecule has 1 unspecified atom stereocenters. The number of nitrogens with zero attached hydrogens (tertiary/aromatic N) is 1. The van der Waals surface area contributed by atoms with E-state index in [1.807, 2.05) is 24.3 Å². The Morgan fingerprint density at radius 1 is 1.43 bits per heavy atom. The first-order valence-corrected chi connectivity index (χ1v) is 7.34. The Balaban J connectivity index is 1.83. The zero-order chi connectivity index (χ0) is 15.2. The number of β-amino-alcohol motifs (C(OH)–C–C–N with tert-alkyl or cyclic N) is 1. The number of benzene rings is 1. The molecule has 0 saturated carbocycles. The van der Waals surface area contributed by atoms with Crippen LogP contribution in [0.3, 0.4) is 0 Å². The Kier molecular flexibility index (Phi) is 5.59. The minimum absolute atomic E-state index is 0.256. The van der Waals surface area contributed by atoms with Gasteiger partial charge in [-0.1, -0.05) is 12.1 Å². The molecule has 1 atom stereocenters. The number of carboxylic acids is 1. The predicted molar refractivity (Wildman–Crippen MR) is 79.4 cm³/mol. The normalized spacial score (nSPS) is 18.4. The lowest BCUT2D eigenvalue weighted by Gasteiger charge is -2.32. The van der Waals surface area contributed by atoms with E-state index in [0.717, 1.165) is 37.2 Å². The van der Waals surface area contributed by atoms with Gasteiger partial charge in [0.1, 0.15) is 5.75 Å². The van der Waals surface area contributed by atoms with Crippen molar-refractivity contribution in [3.63, 3.8) is 0 Å². The number of hydrogen-bond acceptors (Lipinski definition) is 4. The highest BCUT2D eigenvalue weighted by Gasteiger charge is 2.23. The van der Waals surface area contributed by atoms with E-state index in [-0.39, 0.29) is 12.3 Å². The summed E-state index contributed by atoms with van der Waals surface area (Å²) in [5.41, 5.74) is 0.849. The van der Waals surface area contributed by atoms with Gasteiger partial charge in [0, 0.05) is 13.0 Å². The van der Waals surface area contributed by atoms with Crippen LogP contribution in [0.4, 0.5) is 0 Å². The van der Waals surface area contributed by atoms with Gasteiger partial charge in [0.15, 0.2) is 0 Å². The Labute approximate surface area is 125 Å². The number of carboxylic acid groups (broad SMARTS) is 1. The first-order valence-electron chi connectivity index (χ1n) is 7.34. The van der Waals surface area contributed by atoms with Crippen molar-refractivity contribution in [2.24, 2.45) is 5.92 Å². The van der Waals surface area contributed by atoms with E-state index in [4.69, 9.17) is 9.84 Å². The van der Waals surface area contributed by atoms with Crippen molar-refractivity contribution in [3.8, 4) is 5.75 Å². The van der Waals surface area contributed by atoms with Gasteiger partial charge < -0.3 is 19.8 Å². The number of hydrogen-bond donors (Lipinski definition) is 2. The zero-order valence-corrected chi connectivity index (χ0v) is 12.4. The molecule has 0 amide bonds. The summed E-state index contributed by atoms with van der Waals surface area (Å²) in [6, 6.07) is 7.47. The highest BCUT2D eigenvalue weighted by molar-refractivity contribution is 5.67. The predicted octanol–water partition coefficient (Wildman–Crippen LogP) is 1.92. The molecule has 0 bridgehead atoms. The summed E-state index contributed by atoms with van der Waals surface area (Å²) in [6.45, 7) is 2.27. The van der Waals surface area contributed by atoms with Crippen molar-refractivity contribution in [2.45, 2.75) is 25.4 Å². The summed E-state index contributed by atoms with van der Waals surface area (Å²) in [5.74, 6) is 0.296. The molecular weight excluding hydrogens is 270 g/mol. The molecule has 21 heavy (non-hydrogen) atoms. The second kappa shape index (κ2) is 7.43. The number of rotatable bonds is 6. The molecule has 2 N–H and O–H groups in total. The molecule has 0 aliphatic carbocycles. The number of aliphatic hydroxyl groups is 1. The number of aliphatic carboxylic acids is 1. The van der Waals surface area contributed by atoms with Crippen molar-refractivity contribution in [2.75, 3.05) is 26.7 Å². The second-order valence-electron chi connectivity index (χ2n) is 5.63. The maximum Gasteiger partial charge on any atom is 0.303 e.